The second-order valence-electron chi connectivity index (χ2n) is 4.13. The van der Waals surface area contributed by atoms with Crippen molar-refractivity contribution in [2.45, 2.75) is 18.9 Å². The van der Waals surface area contributed by atoms with Gasteiger partial charge in [-0.2, -0.15) is 0 Å². The molecule has 0 saturated heterocycles. The summed E-state index contributed by atoms with van der Waals surface area (Å²) in [7, 11) is 1.65. The third kappa shape index (κ3) is 2.96. The number of aliphatic hydroxyl groups is 1. The number of nitrogens with one attached hydrogen (secondary N) is 1. The van der Waals surface area contributed by atoms with Crippen molar-refractivity contribution in [3.05, 3.63) is 30.0 Å². The molecule has 0 aliphatic carbocycles. The summed E-state index contributed by atoms with van der Waals surface area (Å²) in [4.78, 5) is 3.20. The van der Waals surface area contributed by atoms with E-state index in [2.05, 4.69) is 4.98 Å². The van der Waals surface area contributed by atoms with Crippen LogP contribution in [-0.4, -0.2) is 23.8 Å². The van der Waals surface area contributed by atoms with Gasteiger partial charge in [0.05, 0.1) is 7.11 Å². The number of nitrogens with two attached hydrogens (primary N) is 1. The minimum absolute atomic E-state index is 0. The van der Waals surface area contributed by atoms with Crippen LogP contribution in [0.5, 0.6) is 5.75 Å². The van der Waals surface area contributed by atoms with Crippen molar-refractivity contribution in [3.63, 3.8) is 0 Å². The third-order valence-corrected chi connectivity index (χ3v) is 2.99. The van der Waals surface area contributed by atoms with Crippen LogP contribution in [-0.2, 0) is 0 Å². The van der Waals surface area contributed by atoms with Crippen LogP contribution in [0.1, 0.15) is 24.4 Å². The van der Waals surface area contributed by atoms with Crippen molar-refractivity contribution < 1.29 is 9.84 Å². The third-order valence-electron chi connectivity index (χ3n) is 2.99. The average molecular weight is 271 g/mol. The van der Waals surface area contributed by atoms with E-state index in [0.717, 1.165) is 35.1 Å². The molecule has 1 heterocycles. The lowest BCUT2D eigenvalue weighted by Gasteiger charge is -2.10. The Morgan fingerprint density at radius 3 is 2.89 bits per heavy atom. The number of benzene rings is 1. The maximum atomic E-state index is 8.82. The van der Waals surface area contributed by atoms with E-state index in [-0.39, 0.29) is 25.1 Å². The van der Waals surface area contributed by atoms with Gasteiger partial charge in [-0.25, -0.2) is 0 Å². The number of hydrogen-bond acceptors (Lipinski definition) is 3. The molecule has 18 heavy (non-hydrogen) atoms. The van der Waals surface area contributed by atoms with Crippen LogP contribution >= 0.6 is 12.4 Å². The number of aromatic amines is 1. The van der Waals surface area contributed by atoms with E-state index in [1.165, 1.54) is 0 Å². The second kappa shape index (κ2) is 6.64. The van der Waals surface area contributed by atoms with E-state index in [9.17, 15) is 0 Å². The monoisotopic (exact) mass is 270 g/mol. The van der Waals surface area contributed by atoms with Gasteiger partial charge < -0.3 is 20.6 Å². The summed E-state index contributed by atoms with van der Waals surface area (Å²) in [5.74, 6) is 0.827. The molecule has 0 bridgehead atoms. The lowest BCUT2D eigenvalue weighted by atomic mass is 10.0. The summed E-state index contributed by atoms with van der Waals surface area (Å²) in [5.41, 5.74) is 8.24. The zero-order chi connectivity index (χ0) is 12.3. The smallest absolute Gasteiger partial charge is 0.119 e. The summed E-state index contributed by atoms with van der Waals surface area (Å²) in [5, 5.41) is 9.92. The molecule has 0 amide bonds. The average Bonchev–Trinajstić information content (AvgIpc) is 2.78. The van der Waals surface area contributed by atoms with Crippen LogP contribution in [0.2, 0.25) is 0 Å². The highest BCUT2D eigenvalue weighted by Crippen LogP contribution is 2.28. The molecule has 1 aromatic carbocycles. The van der Waals surface area contributed by atoms with Gasteiger partial charge in [0.25, 0.3) is 0 Å². The fourth-order valence-electron chi connectivity index (χ4n) is 2.02. The molecule has 1 aromatic heterocycles. The lowest BCUT2D eigenvalue weighted by molar-refractivity contribution is 0.280. The number of methoxy groups -OCH3 is 1. The zero-order valence-electron chi connectivity index (χ0n) is 10.3. The molecule has 4 nitrogen and oxygen atoms in total. The first kappa shape index (κ1) is 14.8. The fraction of sp³-hybridized carbons (Fsp3) is 0.385. The second-order valence-corrected chi connectivity index (χ2v) is 4.13. The standard InChI is InChI=1S/C13H18N2O2.ClH/c1-17-9-4-5-13-10(7-9)11(8-15-13)12(14)3-2-6-16;/h4-5,7-8,12,15-16H,2-3,6,14H2,1H3;1H/t12-;/m1./s1. The van der Waals surface area contributed by atoms with Gasteiger partial charge in [-0.15, -0.1) is 12.4 Å². The SMILES string of the molecule is COc1ccc2[nH]cc([C@H](N)CCCO)c2c1.Cl. The summed E-state index contributed by atoms with van der Waals surface area (Å²) >= 11 is 0. The Morgan fingerprint density at radius 2 is 2.22 bits per heavy atom. The van der Waals surface area contributed by atoms with Crippen molar-refractivity contribution in [3.8, 4) is 5.75 Å². The number of aliphatic hydroxyl groups excluding tert-OH is 1. The number of fused-ring (bicyclic) bond motifs is 1. The van der Waals surface area contributed by atoms with Crippen LogP contribution in [0.15, 0.2) is 24.4 Å². The molecule has 4 N–H and O–H groups in total. The van der Waals surface area contributed by atoms with E-state index in [0.29, 0.717) is 0 Å². The molecule has 0 radical (unpaired) electrons. The van der Waals surface area contributed by atoms with E-state index in [1.54, 1.807) is 7.11 Å². The number of rotatable bonds is 5. The quantitative estimate of drug-likeness (QED) is 0.781. The summed E-state index contributed by atoms with van der Waals surface area (Å²) < 4.78 is 5.21. The van der Waals surface area contributed by atoms with Gasteiger partial charge in [-0.05, 0) is 36.6 Å². The van der Waals surface area contributed by atoms with Gasteiger partial charge in [0, 0.05) is 29.7 Å². The van der Waals surface area contributed by atoms with Gasteiger partial charge >= 0.3 is 0 Å². The topological polar surface area (TPSA) is 71.3 Å². The van der Waals surface area contributed by atoms with Crippen molar-refractivity contribution in [2.24, 2.45) is 5.73 Å². The van der Waals surface area contributed by atoms with Gasteiger partial charge in [0.2, 0.25) is 0 Å². The molecular formula is C13H19ClN2O2. The number of hydrogen-bond donors (Lipinski definition) is 3. The molecule has 5 heteroatoms. The summed E-state index contributed by atoms with van der Waals surface area (Å²) in [6.45, 7) is 0.180. The number of halogens is 1. The predicted octanol–water partition coefficient (Wildman–Crippen LogP) is 2.37. The van der Waals surface area contributed by atoms with E-state index < -0.39 is 0 Å². The van der Waals surface area contributed by atoms with Gasteiger partial charge in [0.1, 0.15) is 5.75 Å². The van der Waals surface area contributed by atoms with Crippen LogP contribution in [0.3, 0.4) is 0 Å². The summed E-state index contributed by atoms with van der Waals surface area (Å²) in [6, 6.07) is 5.83. The number of H-pyrrole nitrogens is 1. The maximum absolute atomic E-state index is 8.82. The molecule has 0 aliphatic rings. The Bertz CT molecular complexity index is 499. The Hall–Kier alpha value is -1.23. The van der Waals surface area contributed by atoms with Crippen molar-refractivity contribution in [2.75, 3.05) is 13.7 Å². The minimum Gasteiger partial charge on any atom is -0.497 e. The molecule has 0 unspecified atom stereocenters. The molecule has 2 aromatic rings. The highest BCUT2D eigenvalue weighted by molar-refractivity contribution is 5.85. The molecule has 0 saturated carbocycles. The molecular weight excluding hydrogens is 252 g/mol. The number of ether oxygens (including phenoxy) is 1. The normalized spacial score (nSPS) is 12.2. The van der Waals surface area contributed by atoms with Crippen LogP contribution < -0.4 is 10.5 Å². The number of aromatic nitrogens is 1. The molecule has 1 atom stereocenters. The largest absolute Gasteiger partial charge is 0.497 e. The zero-order valence-corrected chi connectivity index (χ0v) is 11.2. The highest BCUT2D eigenvalue weighted by atomic mass is 35.5. The Morgan fingerprint density at radius 1 is 1.44 bits per heavy atom. The predicted molar refractivity (Wildman–Crippen MR) is 75.3 cm³/mol. The van der Waals surface area contributed by atoms with Gasteiger partial charge in [-0.3, -0.25) is 0 Å². The molecule has 0 spiro atoms. The lowest BCUT2D eigenvalue weighted by Crippen LogP contribution is -2.10. The molecule has 100 valence electrons. The van der Waals surface area contributed by atoms with Crippen LogP contribution in [0.25, 0.3) is 10.9 Å². The Labute approximate surface area is 113 Å². The fourth-order valence-corrected chi connectivity index (χ4v) is 2.02. The molecule has 2 rings (SSSR count). The first-order valence-electron chi connectivity index (χ1n) is 5.77. The first-order valence-corrected chi connectivity index (χ1v) is 5.77. The van der Waals surface area contributed by atoms with Crippen molar-refractivity contribution in [1.82, 2.24) is 4.98 Å². The van der Waals surface area contributed by atoms with E-state index in [4.69, 9.17) is 15.6 Å². The van der Waals surface area contributed by atoms with Crippen LogP contribution in [0, 0.1) is 0 Å². The first-order chi connectivity index (χ1) is 8.26. The van der Waals surface area contributed by atoms with Gasteiger partial charge in [0.15, 0.2) is 0 Å². The van der Waals surface area contributed by atoms with E-state index in [1.807, 2.05) is 24.4 Å². The Balaban J connectivity index is 0.00000162. The van der Waals surface area contributed by atoms with Gasteiger partial charge in [-0.1, -0.05) is 0 Å². The Kier molecular flexibility index (Phi) is 5.47. The van der Waals surface area contributed by atoms with Crippen molar-refractivity contribution >= 4 is 23.3 Å². The van der Waals surface area contributed by atoms with Crippen LogP contribution in [0.4, 0.5) is 0 Å². The minimum atomic E-state index is -0.0528. The van der Waals surface area contributed by atoms with Crippen molar-refractivity contribution in [1.29, 1.82) is 0 Å². The highest BCUT2D eigenvalue weighted by Gasteiger charge is 2.11. The molecule has 0 aliphatic heterocycles. The van der Waals surface area contributed by atoms with E-state index >= 15 is 0 Å². The summed E-state index contributed by atoms with van der Waals surface area (Å²) in [6.07, 6.45) is 3.44. The maximum Gasteiger partial charge on any atom is 0.119 e. The molecule has 0 fully saturated rings.